The number of thioether (sulfide) groups is 1. The van der Waals surface area contributed by atoms with Crippen molar-refractivity contribution in [1.29, 1.82) is 5.26 Å². The van der Waals surface area contributed by atoms with Crippen molar-refractivity contribution in [2.75, 3.05) is 12.4 Å². The van der Waals surface area contributed by atoms with E-state index in [9.17, 15) is 23.3 Å². The Morgan fingerprint density at radius 1 is 1.29 bits per heavy atom. The molecule has 0 aliphatic carbocycles. The van der Waals surface area contributed by atoms with Crippen LogP contribution in [0.15, 0.2) is 63.4 Å². The number of carbonyl (C=O) groups excluding carboxylic acids is 1. The third kappa shape index (κ3) is 5.82. The molecule has 3 rings (SSSR count). The third-order valence-electron chi connectivity index (χ3n) is 4.72. The number of nitrogens with one attached hydrogen (secondary N) is 2. The fourth-order valence-corrected chi connectivity index (χ4v) is 4.41. The van der Waals surface area contributed by atoms with Crippen LogP contribution < -0.4 is 20.8 Å². The first kappa shape index (κ1) is 25.0. The number of H-pyrrole nitrogens is 1. The molecule has 1 amide bonds. The van der Waals surface area contributed by atoms with Gasteiger partial charge in [0.05, 0.1) is 22.9 Å². The van der Waals surface area contributed by atoms with Crippen molar-refractivity contribution >= 4 is 33.4 Å². The molecule has 0 saturated heterocycles. The Morgan fingerprint density at radius 2 is 2.00 bits per heavy atom. The molecule has 0 fully saturated rings. The summed E-state index contributed by atoms with van der Waals surface area (Å²) in [6, 6.07) is 14.1. The van der Waals surface area contributed by atoms with Crippen LogP contribution in [0.4, 0.5) is 5.69 Å². The second-order valence-corrected chi connectivity index (χ2v) is 9.76. The van der Waals surface area contributed by atoms with Crippen molar-refractivity contribution in [2.24, 2.45) is 5.14 Å². The molecule has 10 nitrogen and oxygen atoms in total. The number of nitriles is 1. The smallest absolute Gasteiger partial charge is 0.270 e. The molecule has 176 valence electrons. The van der Waals surface area contributed by atoms with Crippen LogP contribution in [-0.4, -0.2) is 36.7 Å². The molecular weight excluding hydrogens is 478 g/mol. The van der Waals surface area contributed by atoms with Crippen molar-refractivity contribution in [2.45, 2.75) is 28.6 Å². The maximum Gasteiger partial charge on any atom is 0.270 e. The first-order chi connectivity index (χ1) is 16.2. The second-order valence-electron chi connectivity index (χ2n) is 7.01. The number of nitrogens with two attached hydrogens (primary N) is 1. The van der Waals surface area contributed by atoms with E-state index in [2.05, 4.69) is 15.3 Å². The van der Waals surface area contributed by atoms with Gasteiger partial charge in [0.2, 0.25) is 15.9 Å². The van der Waals surface area contributed by atoms with Gasteiger partial charge in [-0.3, -0.25) is 9.59 Å². The maximum absolute atomic E-state index is 12.8. The number of sulfonamides is 1. The Kier molecular flexibility index (Phi) is 7.72. The number of anilines is 1. The number of amides is 1. The zero-order valence-corrected chi connectivity index (χ0v) is 19.9. The number of aromatic amines is 1. The lowest BCUT2D eigenvalue weighted by molar-refractivity contribution is -0.115. The highest BCUT2D eigenvalue weighted by Crippen LogP contribution is 2.28. The van der Waals surface area contributed by atoms with Crippen molar-refractivity contribution in [3.05, 3.63) is 64.4 Å². The first-order valence-corrected chi connectivity index (χ1v) is 12.4. The Bertz CT molecular complexity index is 1410. The third-order valence-corrected chi connectivity index (χ3v) is 6.90. The summed E-state index contributed by atoms with van der Waals surface area (Å²) in [5.41, 5.74) is 0.323. The summed E-state index contributed by atoms with van der Waals surface area (Å²) in [6.07, 6.45) is 0.407. The Labute approximate surface area is 200 Å². The molecule has 0 spiro atoms. The lowest BCUT2D eigenvalue weighted by Crippen LogP contribution is -2.25. The van der Waals surface area contributed by atoms with Gasteiger partial charge in [0, 0.05) is 11.3 Å². The molecule has 0 unspecified atom stereocenters. The molecule has 2 aromatic carbocycles. The Hall–Kier alpha value is -3.66. The number of benzene rings is 2. The molecule has 34 heavy (non-hydrogen) atoms. The van der Waals surface area contributed by atoms with Crippen molar-refractivity contribution < 1.29 is 17.9 Å². The highest BCUT2D eigenvalue weighted by Gasteiger charge is 2.22. The molecule has 3 aromatic rings. The average molecular weight is 500 g/mol. The highest BCUT2D eigenvalue weighted by atomic mass is 32.2. The number of methoxy groups -OCH3 is 1. The van der Waals surface area contributed by atoms with Gasteiger partial charge in [-0.1, -0.05) is 30.8 Å². The topological polar surface area (TPSA) is 168 Å². The SMILES string of the molecule is CC[C@H](Sc1nc(-c2cccc(OC)c2)c(C#N)c(=O)[nH]1)C(=O)Nc1ccc(S(N)(=O)=O)cc1. The molecule has 0 aliphatic rings. The first-order valence-electron chi connectivity index (χ1n) is 9.95. The van der Waals surface area contributed by atoms with Crippen LogP contribution in [0.1, 0.15) is 18.9 Å². The summed E-state index contributed by atoms with van der Waals surface area (Å²) in [7, 11) is -2.34. The van der Waals surface area contributed by atoms with Gasteiger partial charge in [0.1, 0.15) is 17.4 Å². The summed E-state index contributed by atoms with van der Waals surface area (Å²) in [6.45, 7) is 1.80. The van der Waals surface area contributed by atoms with E-state index in [-0.39, 0.29) is 27.2 Å². The Balaban J connectivity index is 1.86. The molecule has 1 aromatic heterocycles. The fourth-order valence-electron chi connectivity index (χ4n) is 3.00. The maximum atomic E-state index is 12.8. The minimum Gasteiger partial charge on any atom is -0.497 e. The number of nitrogens with zero attached hydrogens (tertiary/aromatic N) is 2. The van der Waals surface area contributed by atoms with Gasteiger partial charge < -0.3 is 15.0 Å². The van der Waals surface area contributed by atoms with Crippen LogP contribution in [0.5, 0.6) is 5.75 Å². The van der Waals surface area contributed by atoms with Gasteiger partial charge in [-0.15, -0.1) is 0 Å². The number of carbonyl (C=O) groups is 1. The van der Waals surface area contributed by atoms with Crippen molar-refractivity contribution in [3.8, 4) is 23.1 Å². The summed E-state index contributed by atoms with van der Waals surface area (Å²) in [4.78, 5) is 32.3. The van der Waals surface area contributed by atoms with Crippen LogP contribution in [0.2, 0.25) is 0 Å². The van der Waals surface area contributed by atoms with E-state index in [1.165, 1.54) is 31.4 Å². The fraction of sp³-hybridized carbons (Fsp3) is 0.182. The summed E-state index contributed by atoms with van der Waals surface area (Å²) in [5.74, 6) is 0.169. The van der Waals surface area contributed by atoms with E-state index in [0.717, 1.165) is 11.8 Å². The number of hydrogen-bond donors (Lipinski definition) is 3. The van der Waals surface area contributed by atoms with Gasteiger partial charge in [-0.05, 0) is 42.8 Å². The minimum atomic E-state index is -3.84. The molecule has 1 heterocycles. The van der Waals surface area contributed by atoms with Crippen molar-refractivity contribution in [1.82, 2.24) is 9.97 Å². The highest BCUT2D eigenvalue weighted by molar-refractivity contribution is 8.00. The van der Waals surface area contributed by atoms with Gasteiger partial charge >= 0.3 is 0 Å². The predicted molar refractivity (Wildman–Crippen MR) is 128 cm³/mol. The van der Waals surface area contributed by atoms with Gasteiger partial charge in [0.15, 0.2) is 5.16 Å². The van der Waals surface area contributed by atoms with Gasteiger partial charge in [0.25, 0.3) is 5.56 Å². The summed E-state index contributed by atoms with van der Waals surface area (Å²) < 4.78 is 28.0. The van der Waals surface area contributed by atoms with Crippen LogP contribution in [-0.2, 0) is 14.8 Å². The van der Waals surface area contributed by atoms with Crippen LogP contribution in [0, 0.1) is 11.3 Å². The largest absolute Gasteiger partial charge is 0.497 e. The second kappa shape index (κ2) is 10.5. The molecular formula is C22H21N5O5S2. The van der Waals surface area contributed by atoms with E-state index in [4.69, 9.17) is 9.88 Å². The lowest BCUT2D eigenvalue weighted by atomic mass is 10.1. The zero-order chi connectivity index (χ0) is 24.9. The van der Waals surface area contributed by atoms with Gasteiger partial charge in [-0.25, -0.2) is 18.5 Å². The van der Waals surface area contributed by atoms with Crippen molar-refractivity contribution in [3.63, 3.8) is 0 Å². The van der Waals surface area contributed by atoms with E-state index in [1.807, 2.05) is 6.07 Å². The molecule has 0 bridgehead atoms. The molecule has 0 saturated carbocycles. The normalized spacial score (nSPS) is 11.9. The summed E-state index contributed by atoms with van der Waals surface area (Å²) >= 11 is 1.04. The standard InChI is InChI=1S/C22H21N5O5S2/c1-3-18(21(29)25-14-7-9-16(10-8-14)34(24,30)31)33-22-26-19(17(12-23)20(28)27-22)13-5-4-6-15(11-13)32-2/h4-11,18H,3H2,1-2H3,(H,25,29)(H2,24,30,31)(H,26,27,28)/t18-/m0/s1. The number of rotatable bonds is 8. The van der Waals surface area contributed by atoms with Crippen LogP contribution >= 0.6 is 11.8 Å². The molecule has 12 heteroatoms. The molecule has 0 aliphatic heterocycles. The van der Waals surface area contributed by atoms with E-state index in [1.54, 1.807) is 31.2 Å². The lowest BCUT2D eigenvalue weighted by Gasteiger charge is -2.15. The average Bonchev–Trinajstić information content (AvgIpc) is 2.81. The number of aromatic nitrogens is 2. The molecule has 4 N–H and O–H groups in total. The predicted octanol–water partition coefficient (Wildman–Crippen LogP) is 2.47. The van der Waals surface area contributed by atoms with E-state index >= 15 is 0 Å². The monoisotopic (exact) mass is 499 g/mol. The number of hydrogen-bond acceptors (Lipinski definition) is 8. The zero-order valence-electron chi connectivity index (χ0n) is 18.2. The number of primary sulfonamides is 1. The minimum absolute atomic E-state index is 0.0728. The summed E-state index contributed by atoms with van der Waals surface area (Å²) in [5, 5.41) is 16.8. The van der Waals surface area contributed by atoms with Crippen LogP contribution in [0.25, 0.3) is 11.3 Å². The Morgan fingerprint density at radius 3 is 2.59 bits per heavy atom. The van der Waals surface area contributed by atoms with E-state index < -0.39 is 20.8 Å². The molecule has 1 atom stereocenters. The number of ether oxygens (including phenoxy) is 1. The molecule has 0 radical (unpaired) electrons. The van der Waals surface area contributed by atoms with Crippen LogP contribution in [0.3, 0.4) is 0 Å². The quantitative estimate of drug-likeness (QED) is 0.314. The van der Waals surface area contributed by atoms with Gasteiger partial charge in [-0.2, -0.15) is 5.26 Å². The van der Waals surface area contributed by atoms with E-state index in [0.29, 0.717) is 23.4 Å².